The van der Waals surface area contributed by atoms with E-state index in [0.717, 1.165) is 29.2 Å². The molecule has 1 heterocycles. The van der Waals surface area contributed by atoms with E-state index in [0.29, 0.717) is 5.25 Å². The van der Waals surface area contributed by atoms with E-state index in [4.69, 9.17) is 0 Å². The molecule has 1 aliphatic rings. The third kappa shape index (κ3) is 3.12. The zero-order valence-corrected chi connectivity index (χ0v) is 13.7. The second-order valence-electron chi connectivity index (χ2n) is 5.49. The van der Waals surface area contributed by atoms with Crippen molar-refractivity contribution in [3.05, 3.63) is 54.1 Å². The summed E-state index contributed by atoms with van der Waals surface area (Å²) in [6, 6.07) is 16.0. The minimum absolute atomic E-state index is 0.0659. The van der Waals surface area contributed by atoms with Crippen LogP contribution in [0.4, 0.5) is 16.2 Å². The van der Waals surface area contributed by atoms with Gasteiger partial charge in [-0.15, -0.1) is 11.8 Å². The molecule has 2 aromatic carbocycles. The Bertz CT molecular complexity index is 669. The molecule has 0 spiro atoms. The van der Waals surface area contributed by atoms with Gasteiger partial charge in [0.1, 0.15) is 0 Å². The Kier molecular flexibility index (Phi) is 4.39. The van der Waals surface area contributed by atoms with Gasteiger partial charge in [0.15, 0.2) is 0 Å². The number of rotatable bonds is 2. The molecule has 0 saturated heterocycles. The van der Waals surface area contributed by atoms with E-state index in [-0.39, 0.29) is 6.03 Å². The summed E-state index contributed by atoms with van der Waals surface area (Å²) in [4.78, 5) is 15.6. The molecule has 0 bridgehead atoms. The number of urea groups is 1. The van der Waals surface area contributed by atoms with Gasteiger partial charge in [0.25, 0.3) is 0 Å². The molecule has 1 N–H and O–H groups in total. The molecular weight excluding hydrogens is 292 g/mol. The first-order valence-electron chi connectivity index (χ1n) is 7.60. The molecule has 1 aliphatic heterocycles. The van der Waals surface area contributed by atoms with Crippen LogP contribution in [-0.2, 0) is 6.42 Å². The van der Waals surface area contributed by atoms with E-state index in [9.17, 15) is 4.79 Å². The van der Waals surface area contributed by atoms with Gasteiger partial charge >= 0.3 is 6.03 Å². The summed E-state index contributed by atoms with van der Waals surface area (Å²) in [6.45, 7) is 4.99. The van der Waals surface area contributed by atoms with Gasteiger partial charge in [0.05, 0.1) is 5.69 Å². The first-order chi connectivity index (χ1) is 10.7. The molecule has 2 aromatic rings. The second kappa shape index (κ2) is 6.44. The van der Waals surface area contributed by atoms with Crippen molar-refractivity contribution >= 4 is 29.2 Å². The molecule has 3 rings (SSSR count). The Labute approximate surface area is 135 Å². The van der Waals surface area contributed by atoms with E-state index in [1.54, 1.807) is 0 Å². The quantitative estimate of drug-likeness (QED) is 0.865. The highest BCUT2D eigenvalue weighted by molar-refractivity contribution is 8.00. The van der Waals surface area contributed by atoms with Crippen LogP contribution < -0.4 is 10.2 Å². The molecule has 1 atom stereocenters. The van der Waals surface area contributed by atoms with Crippen molar-refractivity contribution in [2.75, 3.05) is 16.8 Å². The van der Waals surface area contributed by atoms with Gasteiger partial charge in [-0.3, -0.25) is 4.90 Å². The van der Waals surface area contributed by atoms with Crippen molar-refractivity contribution in [3.63, 3.8) is 0 Å². The first kappa shape index (κ1) is 15.0. The molecule has 3 nitrogen and oxygen atoms in total. The minimum Gasteiger partial charge on any atom is -0.308 e. The number of amides is 2. The Hall–Kier alpha value is -1.94. The zero-order valence-electron chi connectivity index (χ0n) is 12.9. The summed E-state index contributed by atoms with van der Waals surface area (Å²) in [5.74, 6) is 0. The fourth-order valence-electron chi connectivity index (χ4n) is 2.60. The van der Waals surface area contributed by atoms with E-state index >= 15 is 0 Å². The van der Waals surface area contributed by atoms with E-state index in [1.807, 2.05) is 47.0 Å². The van der Waals surface area contributed by atoms with Gasteiger partial charge < -0.3 is 5.32 Å². The number of thioether (sulfide) groups is 1. The standard InChI is InChI=1S/C18H20N2OS/c1-3-14-8-10-15(11-9-14)19-18(21)20-12-13(2)22-17-7-5-4-6-16(17)20/h4-11,13H,3,12H2,1-2H3,(H,19,21)/t13-/m1/s1. The van der Waals surface area contributed by atoms with Crippen LogP contribution in [0.15, 0.2) is 53.4 Å². The predicted molar refractivity (Wildman–Crippen MR) is 93.9 cm³/mol. The zero-order chi connectivity index (χ0) is 15.5. The van der Waals surface area contributed by atoms with Crippen LogP contribution in [0.3, 0.4) is 0 Å². The second-order valence-corrected chi connectivity index (χ2v) is 6.97. The lowest BCUT2D eigenvalue weighted by Crippen LogP contribution is -2.41. The third-order valence-electron chi connectivity index (χ3n) is 3.78. The number of carbonyl (C=O) groups excluding carboxylic acids is 1. The van der Waals surface area contributed by atoms with Gasteiger partial charge in [0, 0.05) is 22.4 Å². The summed E-state index contributed by atoms with van der Waals surface area (Å²) in [5, 5.41) is 3.39. The molecule has 0 aromatic heterocycles. The van der Waals surface area contributed by atoms with Crippen LogP contribution in [-0.4, -0.2) is 17.8 Å². The number of nitrogens with one attached hydrogen (secondary N) is 1. The van der Waals surface area contributed by atoms with Crippen LogP contribution >= 0.6 is 11.8 Å². The van der Waals surface area contributed by atoms with Gasteiger partial charge in [-0.2, -0.15) is 0 Å². The highest BCUT2D eigenvalue weighted by atomic mass is 32.2. The number of anilines is 2. The smallest absolute Gasteiger partial charge is 0.308 e. The van der Waals surface area contributed by atoms with Crippen molar-refractivity contribution in [2.45, 2.75) is 30.4 Å². The lowest BCUT2D eigenvalue weighted by molar-refractivity contribution is 0.256. The number of benzene rings is 2. The third-order valence-corrected chi connectivity index (χ3v) is 4.93. The molecule has 0 saturated carbocycles. The van der Waals surface area contributed by atoms with Gasteiger partial charge in [-0.05, 0) is 36.2 Å². The van der Waals surface area contributed by atoms with Crippen LogP contribution in [0.25, 0.3) is 0 Å². The molecule has 0 aliphatic carbocycles. The molecule has 0 unspecified atom stereocenters. The van der Waals surface area contributed by atoms with Gasteiger partial charge in [0.2, 0.25) is 0 Å². The first-order valence-corrected chi connectivity index (χ1v) is 8.48. The number of fused-ring (bicyclic) bond motifs is 1. The minimum atomic E-state index is -0.0659. The average Bonchev–Trinajstić information content (AvgIpc) is 2.54. The topological polar surface area (TPSA) is 32.3 Å². The Morgan fingerprint density at radius 2 is 1.95 bits per heavy atom. The number of carbonyl (C=O) groups is 1. The average molecular weight is 312 g/mol. The maximum Gasteiger partial charge on any atom is 0.326 e. The van der Waals surface area contributed by atoms with Crippen molar-refractivity contribution in [3.8, 4) is 0 Å². The highest BCUT2D eigenvalue weighted by Gasteiger charge is 2.26. The van der Waals surface area contributed by atoms with Crippen molar-refractivity contribution in [1.82, 2.24) is 0 Å². The van der Waals surface area contributed by atoms with Gasteiger partial charge in [-0.1, -0.05) is 38.1 Å². The Morgan fingerprint density at radius 3 is 2.68 bits per heavy atom. The summed E-state index contributed by atoms with van der Waals surface area (Å²) in [7, 11) is 0. The maximum atomic E-state index is 12.6. The molecular formula is C18H20N2OS. The molecule has 2 amide bonds. The highest BCUT2D eigenvalue weighted by Crippen LogP contribution is 2.38. The summed E-state index contributed by atoms with van der Waals surface area (Å²) in [5.41, 5.74) is 3.10. The summed E-state index contributed by atoms with van der Waals surface area (Å²) < 4.78 is 0. The van der Waals surface area contributed by atoms with Crippen LogP contribution in [0.1, 0.15) is 19.4 Å². The van der Waals surface area contributed by atoms with E-state index < -0.39 is 0 Å². The van der Waals surface area contributed by atoms with E-state index in [1.165, 1.54) is 5.56 Å². The fraction of sp³-hybridized carbons (Fsp3) is 0.278. The lowest BCUT2D eigenvalue weighted by Gasteiger charge is -2.32. The number of para-hydroxylation sites is 1. The van der Waals surface area contributed by atoms with Crippen LogP contribution in [0, 0.1) is 0 Å². The monoisotopic (exact) mass is 312 g/mol. The largest absolute Gasteiger partial charge is 0.326 e. The Balaban J connectivity index is 1.79. The maximum absolute atomic E-state index is 12.6. The summed E-state index contributed by atoms with van der Waals surface area (Å²) >= 11 is 1.82. The van der Waals surface area contributed by atoms with Crippen molar-refractivity contribution in [2.24, 2.45) is 0 Å². The van der Waals surface area contributed by atoms with Crippen molar-refractivity contribution < 1.29 is 4.79 Å². The van der Waals surface area contributed by atoms with Crippen molar-refractivity contribution in [1.29, 1.82) is 0 Å². The SMILES string of the molecule is CCc1ccc(NC(=O)N2C[C@@H](C)Sc3ccccc32)cc1. The summed E-state index contributed by atoms with van der Waals surface area (Å²) in [6.07, 6.45) is 1.00. The molecule has 0 fully saturated rings. The molecule has 22 heavy (non-hydrogen) atoms. The van der Waals surface area contributed by atoms with E-state index in [2.05, 4.69) is 37.4 Å². The van der Waals surface area contributed by atoms with Gasteiger partial charge in [-0.25, -0.2) is 4.79 Å². The normalized spacial score (nSPS) is 17.0. The van der Waals surface area contributed by atoms with Crippen LogP contribution in [0.2, 0.25) is 0 Å². The molecule has 0 radical (unpaired) electrons. The Morgan fingerprint density at radius 1 is 1.23 bits per heavy atom. The fourth-order valence-corrected chi connectivity index (χ4v) is 3.71. The molecule has 4 heteroatoms. The number of hydrogen-bond donors (Lipinski definition) is 1. The number of nitrogens with zero attached hydrogens (tertiary/aromatic N) is 1. The molecule has 114 valence electrons. The predicted octanol–water partition coefficient (Wildman–Crippen LogP) is 4.78. The number of aryl methyl sites for hydroxylation is 1. The van der Waals surface area contributed by atoms with Crippen LogP contribution in [0.5, 0.6) is 0 Å². The lowest BCUT2D eigenvalue weighted by atomic mass is 10.1. The number of hydrogen-bond acceptors (Lipinski definition) is 2.